The molecule has 30 heavy (non-hydrogen) atoms. The van der Waals surface area contributed by atoms with Gasteiger partial charge >= 0.3 is 5.97 Å². The smallest absolute Gasteiger partial charge is 0.311 e. The third-order valence-corrected chi connectivity index (χ3v) is 5.64. The van der Waals surface area contributed by atoms with E-state index in [9.17, 15) is 14.7 Å². The maximum Gasteiger partial charge on any atom is 0.311 e. The molecule has 1 aliphatic heterocycles. The van der Waals surface area contributed by atoms with Gasteiger partial charge in [0.1, 0.15) is 17.4 Å². The molecule has 2 aromatic heterocycles. The number of anilines is 1. The molecule has 0 aliphatic carbocycles. The lowest BCUT2D eigenvalue weighted by Crippen LogP contribution is -2.15. The highest BCUT2D eigenvalue weighted by Gasteiger charge is 2.21. The van der Waals surface area contributed by atoms with E-state index in [0.717, 1.165) is 50.2 Å². The van der Waals surface area contributed by atoms with Gasteiger partial charge in [0, 0.05) is 43.0 Å². The molecular weight excluding hydrogens is 380 g/mol. The molecule has 0 saturated carbocycles. The van der Waals surface area contributed by atoms with Crippen molar-refractivity contribution in [1.29, 1.82) is 0 Å². The van der Waals surface area contributed by atoms with E-state index in [-0.39, 0.29) is 18.6 Å². The number of aliphatic carboxylic acids is 1. The van der Waals surface area contributed by atoms with E-state index in [1.807, 2.05) is 0 Å². The van der Waals surface area contributed by atoms with Crippen molar-refractivity contribution in [1.82, 2.24) is 15.0 Å². The van der Waals surface area contributed by atoms with Crippen LogP contribution < -0.4 is 5.32 Å². The van der Waals surface area contributed by atoms with Crippen molar-refractivity contribution in [3.63, 3.8) is 0 Å². The SMILES string of the molecule is Cc1ncc([C@H](CCC(=O)CCCCc2nc3c(cc2C)CCCN3)C(=O)O)cn1. The lowest BCUT2D eigenvalue weighted by molar-refractivity contribution is -0.139. The van der Waals surface area contributed by atoms with Gasteiger partial charge in [-0.1, -0.05) is 6.07 Å². The molecule has 0 bridgehead atoms. The van der Waals surface area contributed by atoms with Crippen molar-refractivity contribution in [3.8, 4) is 0 Å². The largest absolute Gasteiger partial charge is 0.481 e. The predicted octanol–water partition coefficient (Wildman–Crippen LogP) is 3.78. The molecule has 0 amide bonds. The second kappa shape index (κ2) is 10.3. The highest BCUT2D eigenvalue weighted by Crippen LogP contribution is 2.24. The number of fused-ring (bicyclic) bond motifs is 1. The van der Waals surface area contributed by atoms with Crippen LogP contribution in [-0.4, -0.2) is 38.4 Å². The molecule has 160 valence electrons. The molecule has 2 N–H and O–H groups in total. The summed E-state index contributed by atoms with van der Waals surface area (Å²) in [6, 6.07) is 2.23. The van der Waals surface area contributed by atoms with Crippen LogP contribution in [0.3, 0.4) is 0 Å². The van der Waals surface area contributed by atoms with Gasteiger partial charge in [-0.25, -0.2) is 15.0 Å². The Kier molecular flexibility index (Phi) is 7.49. The van der Waals surface area contributed by atoms with Crippen LogP contribution in [0.2, 0.25) is 0 Å². The minimum absolute atomic E-state index is 0.103. The first kappa shape index (κ1) is 21.9. The Morgan fingerprint density at radius 1 is 1.17 bits per heavy atom. The lowest BCUT2D eigenvalue weighted by Gasteiger charge is -2.19. The van der Waals surface area contributed by atoms with Crippen LogP contribution in [-0.2, 0) is 22.4 Å². The lowest BCUT2D eigenvalue weighted by atomic mass is 9.94. The van der Waals surface area contributed by atoms with E-state index in [0.29, 0.717) is 17.8 Å². The van der Waals surface area contributed by atoms with Crippen LogP contribution >= 0.6 is 0 Å². The van der Waals surface area contributed by atoms with E-state index >= 15 is 0 Å². The monoisotopic (exact) mass is 410 g/mol. The highest BCUT2D eigenvalue weighted by atomic mass is 16.4. The first-order valence-electron chi connectivity index (χ1n) is 10.7. The van der Waals surface area contributed by atoms with E-state index in [4.69, 9.17) is 4.98 Å². The zero-order chi connectivity index (χ0) is 21.5. The Hall–Kier alpha value is -2.83. The molecule has 0 saturated heterocycles. The number of nitrogens with zero attached hydrogens (tertiary/aromatic N) is 3. The number of unbranched alkanes of at least 4 members (excludes halogenated alkanes) is 1. The third kappa shape index (κ3) is 5.84. The van der Waals surface area contributed by atoms with Crippen LogP contribution in [0.15, 0.2) is 18.5 Å². The Morgan fingerprint density at radius 3 is 2.67 bits per heavy atom. The molecule has 3 rings (SSSR count). The average molecular weight is 411 g/mol. The number of carboxylic acids is 1. The van der Waals surface area contributed by atoms with E-state index in [1.54, 1.807) is 6.92 Å². The number of carbonyl (C=O) groups excluding carboxylic acids is 1. The average Bonchev–Trinajstić information content (AvgIpc) is 2.72. The summed E-state index contributed by atoms with van der Waals surface area (Å²) in [6.45, 7) is 4.83. The molecule has 2 aromatic rings. The standard InChI is InChI=1S/C23H30N4O3/c1-15-12-17-6-5-11-24-22(17)27-21(15)8-4-3-7-19(28)9-10-20(23(29)30)18-13-25-16(2)26-14-18/h12-14,20H,3-11H2,1-2H3,(H,24,27)(H,29,30)/t20-/m0/s1. The highest BCUT2D eigenvalue weighted by molar-refractivity contribution is 5.80. The van der Waals surface area contributed by atoms with Crippen LogP contribution in [0.1, 0.15) is 72.7 Å². The summed E-state index contributed by atoms with van der Waals surface area (Å²) in [5, 5.41) is 12.9. The summed E-state index contributed by atoms with van der Waals surface area (Å²) >= 11 is 0. The number of ketones is 1. The summed E-state index contributed by atoms with van der Waals surface area (Å²) in [7, 11) is 0. The first-order chi connectivity index (χ1) is 14.4. The summed E-state index contributed by atoms with van der Waals surface area (Å²) in [5.74, 6) is 0.0180. The number of aromatic nitrogens is 3. The van der Waals surface area contributed by atoms with Crippen molar-refractivity contribution < 1.29 is 14.7 Å². The van der Waals surface area contributed by atoms with Crippen molar-refractivity contribution in [2.75, 3.05) is 11.9 Å². The Bertz CT molecular complexity index is 896. The molecule has 0 radical (unpaired) electrons. The second-order valence-electron chi connectivity index (χ2n) is 8.03. The van der Waals surface area contributed by atoms with Gasteiger partial charge in [0.15, 0.2) is 0 Å². The maximum absolute atomic E-state index is 12.3. The number of nitrogens with one attached hydrogen (secondary N) is 1. The number of hydrogen-bond donors (Lipinski definition) is 2. The van der Waals surface area contributed by atoms with Crippen molar-refractivity contribution in [2.45, 2.75) is 71.1 Å². The molecular formula is C23H30N4O3. The zero-order valence-corrected chi connectivity index (χ0v) is 17.8. The van der Waals surface area contributed by atoms with Gasteiger partial charge in [0.2, 0.25) is 0 Å². The zero-order valence-electron chi connectivity index (χ0n) is 17.8. The quantitative estimate of drug-likeness (QED) is 0.574. The van der Waals surface area contributed by atoms with Gasteiger partial charge in [-0.2, -0.15) is 0 Å². The molecule has 7 heteroatoms. The fourth-order valence-corrected chi connectivity index (χ4v) is 3.85. The van der Waals surface area contributed by atoms with Crippen LogP contribution in [0, 0.1) is 13.8 Å². The summed E-state index contributed by atoms with van der Waals surface area (Å²) < 4.78 is 0. The van der Waals surface area contributed by atoms with Gasteiger partial charge in [-0.15, -0.1) is 0 Å². The van der Waals surface area contributed by atoms with Crippen LogP contribution in [0.4, 0.5) is 5.82 Å². The second-order valence-corrected chi connectivity index (χ2v) is 8.03. The number of rotatable bonds is 10. The Morgan fingerprint density at radius 2 is 1.93 bits per heavy atom. The fraction of sp³-hybridized carbons (Fsp3) is 0.522. The number of carboxylic acid groups (broad SMARTS) is 1. The molecule has 3 heterocycles. The molecule has 7 nitrogen and oxygen atoms in total. The topological polar surface area (TPSA) is 105 Å². The van der Waals surface area contributed by atoms with E-state index < -0.39 is 11.9 Å². The summed E-state index contributed by atoms with van der Waals surface area (Å²) in [6.07, 6.45) is 8.84. The van der Waals surface area contributed by atoms with E-state index in [2.05, 4.69) is 28.3 Å². The first-order valence-corrected chi connectivity index (χ1v) is 10.7. The molecule has 0 spiro atoms. The predicted molar refractivity (Wildman–Crippen MR) is 115 cm³/mol. The van der Waals surface area contributed by atoms with Gasteiger partial charge in [-0.05, 0) is 63.5 Å². The molecule has 1 atom stereocenters. The fourth-order valence-electron chi connectivity index (χ4n) is 3.85. The Balaban J connectivity index is 1.43. The summed E-state index contributed by atoms with van der Waals surface area (Å²) in [5.41, 5.74) is 4.16. The summed E-state index contributed by atoms with van der Waals surface area (Å²) in [4.78, 5) is 36.7. The van der Waals surface area contributed by atoms with Gasteiger partial charge in [-0.3, -0.25) is 9.59 Å². The Labute approximate surface area is 177 Å². The number of carbonyl (C=O) groups is 2. The number of aryl methyl sites for hydroxylation is 4. The molecule has 0 aromatic carbocycles. The minimum Gasteiger partial charge on any atom is -0.481 e. The maximum atomic E-state index is 12.3. The third-order valence-electron chi connectivity index (χ3n) is 5.64. The number of Topliss-reactive ketones (excluding diaryl/α,β-unsaturated/α-hetero) is 1. The minimum atomic E-state index is -0.946. The van der Waals surface area contributed by atoms with E-state index in [1.165, 1.54) is 23.5 Å². The van der Waals surface area contributed by atoms with Crippen molar-refractivity contribution in [2.24, 2.45) is 0 Å². The van der Waals surface area contributed by atoms with Crippen molar-refractivity contribution in [3.05, 3.63) is 46.7 Å². The number of pyridine rings is 1. The van der Waals surface area contributed by atoms with Gasteiger partial charge in [0.05, 0.1) is 5.92 Å². The normalized spacial score (nSPS) is 13.9. The van der Waals surface area contributed by atoms with Gasteiger partial charge in [0.25, 0.3) is 0 Å². The molecule has 1 aliphatic rings. The van der Waals surface area contributed by atoms with Crippen LogP contribution in [0.5, 0.6) is 0 Å². The number of hydrogen-bond acceptors (Lipinski definition) is 6. The molecule has 0 fully saturated rings. The van der Waals surface area contributed by atoms with Crippen molar-refractivity contribution >= 4 is 17.6 Å². The van der Waals surface area contributed by atoms with Crippen LogP contribution in [0.25, 0.3) is 0 Å². The van der Waals surface area contributed by atoms with Gasteiger partial charge < -0.3 is 10.4 Å². The molecule has 0 unspecified atom stereocenters.